The second-order valence-electron chi connectivity index (χ2n) is 3.86. The largest absolute Gasteiger partial charge is 0.387 e. The lowest BCUT2D eigenvalue weighted by molar-refractivity contribution is 0.0569. The van der Waals surface area contributed by atoms with E-state index in [2.05, 4.69) is 0 Å². The van der Waals surface area contributed by atoms with Gasteiger partial charge in [0.05, 0.1) is 5.56 Å². The molecule has 2 aromatic carbocycles. The SMILES string of the molecule is [O]C(=O)c1ccccc1C(=O)C(=O)c1ccccc1. The topological polar surface area (TPSA) is 71.1 Å². The first-order chi connectivity index (χ1) is 9.11. The summed E-state index contributed by atoms with van der Waals surface area (Å²) in [6, 6.07) is 13.5. The highest BCUT2D eigenvalue weighted by Crippen LogP contribution is 2.13. The van der Waals surface area contributed by atoms with Crippen LogP contribution < -0.4 is 0 Å². The third-order valence-corrected chi connectivity index (χ3v) is 2.63. The van der Waals surface area contributed by atoms with Gasteiger partial charge in [0, 0.05) is 11.1 Å². The van der Waals surface area contributed by atoms with Crippen LogP contribution in [0.25, 0.3) is 0 Å². The predicted octanol–water partition coefficient (Wildman–Crippen LogP) is 2.32. The summed E-state index contributed by atoms with van der Waals surface area (Å²) in [5, 5.41) is 10.9. The van der Waals surface area contributed by atoms with Gasteiger partial charge in [0.2, 0.25) is 11.6 Å². The normalized spacial score (nSPS) is 9.89. The van der Waals surface area contributed by atoms with Crippen LogP contribution in [0.3, 0.4) is 0 Å². The molecule has 2 rings (SSSR count). The van der Waals surface area contributed by atoms with Gasteiger partial charge in [-0.15, -0.1) is 0 Å². The van der Waals surface area contributed by atoms with Crippen molar-refractivity contribution in [3.8, 4) is 0 Å². The van der Waals surface area contributed by atoms with Gasteiger partial charge in [0.1, 0.15) is 0 Å². The molecule has 4 nitrogen and oxygen atoms in total. The smallest absolute Gasteiger partial charge is 0.285 e. The quantitative estimate of drug-likeness (QED) is 0.620. The molecule has 1 radical (unpaired) electrons. The molecule has 0 atom stereocenters. The van der Waals surface area contributed by atoms with E-state index in [1.807, 2.05) is 0 Å². The lowest BCUT2D eigenvalue weighted by Crippen LogP contribution is -2.17. The Kier molecular flexibility index (Phi) is 3.52. The molecule has 4 heteroatoms. The lowest BCUT2D eigenvalue weighted by atomic mass is 9.97. The Morgan fingerprint density at radius 1 is 0.632 bits per heavy atom. The number of ketones is 2. The molecule has 0 heterocycles. The molecular formula is C15H9O4. The van der Waals surface area contributed by atoms with Crippen LogP contribution in [0.4, 0.5) is 0 Å². The number of rotatable bonds is 4. The van der Waals surface area contributed by atoms with Crippen LogP contribution in [-0.2, 0) is 5.11 Å². The van der Waals surface area contributed by atoms with E-state index < -0.39 is 17.5 Å². The van der Waals surface area contributed by atoms with Gasteiger partial charge in [-0.3, -0.25) is 9.59 Å². The molecule has 0 spiro atoms. The monoisotopic (exact) mass is 253 g/mol. The average Bonchev–Trinajstić information content (AvgIpc) is 2.46. The van der Waals surface area contributed by atoms with Crippen LogP contribution in [0.2, 0.25) is 0 Å². The minimum absolute atomic E-state index is 0.156. The number of carbonyl (C=O) groups is 3. The molecule has 93 valence electrons. The summed E-state index contributed by atoms with van der Waals surface area (Å²) in [5.41, 5.74) is -0.214. The Bertz CT molecular complexity index is 644. The number of Topliss-reactive ketones (excluding diaryl/α,β-unsaturated/α-hetero) is 2. The van der Waals surface area contributed by atoms with Gasteiger partial charge in [-0.2, -0.15) is 0 Å². The summed E-state index contributed by atoms with van der Waals surface area (Å²) in [6.45, 7) is 0. The Balaban J connectivity index is 2.41. The van der Waals surface area contributed by atoms with Crippen molar-refractivity contribution in [1.82, 2.24) is 0 Å². The Hall–Kier alpha value is -2.75. The van der Waals surface area contributed by atoms with E-state index >= 15 is 0 Å². The predicted molar refractivity (Wildman–Crippen MR) is 66.6 cm³/mol. The molecule has 0 bridgehead atoms. The first kappa shape index (κ1) is 12.7. The van der Waals surface area contributed by atoms with Crippen molar-refractivity contribution in [3.05, 3.63) is 71.3 Å². The molecular weight excluding hydrogens is 244 g/mol. The molecule has 0 aromatic heterocycles. The zero-order valence-corrected chi connectivity index (χ0v) is 9.83. The van der Waals surface area contributed by atoms with Crippen LogP contribution >= 0.6 is 0 Å². The maximum atomic E-state index is 12.0. The van der Waals surface area contributed by atoms with E-state index in [9.17, 15) is 19.5 Å². The fourth-order valence-electron chi connectivity index (χ4n) is 1.70. The summed E-state index contributed by atoms with van der Waals surface area (Å²) in [6.07, 6.45) is 0. The number of carbonyl (C=O) groups excluding carboxylic acids is 3. The maximum absolute atomic E-state index is 12.0. The molecule has 0 amide bonds. The van der Waals surface area contributed by atoms with Gasteiger partial charge in [-0.1, -0.05) is 48.5 Å². The van der Waals surface area contributed by atoms with Crippen LogP contribution in [-0.4, -0.2) is 17.5 Å². The van der Waals surface area contributed by atoms with E-state index in [-0.39, 0.29) is 16.7 Å². The average molecular weight is 253 g/mol. The van der Waals surface area contributed by atoms with E-state index in [1.165, 1.54) is 36.4 Å². The molecule has 0 N–H and O–H groups in total. The zero-order chi connectivity index (χ0) is 13.8. The van der Waals surface area contributed by atoms with Crippen molar-refractivity contribution in [2.24, 2.45) is 0 Å². The summed E-state index contributed by atoms with van der Waals surface area (Å²) < 4.78 is 0. The second-order valence-corrected chi connectivity index (χ2v) is 3.86. The van der Waals surface area contributed by atoms with Crippen molar-refractivity contribution >= 4 is 17.5 Å². The van der Waals surface area contributed by atoms with Crippen LogP contribution in [0.15, 0.2) is 54.6 Å². The van der Waals surface area contributed by atoms with E-state index in [1.54, 1.807) is 18.2 Å². The van der Waals surface area contributed by atoms with Crippen molar-refractivity contribution in [3.63, 3.8) is 0 Å². The van der Waals surface area contributed by atoms with Crippen LogP contribution in [0, 0.1) is 0 Å². The first-order valence-electron chi connectivity index (χ1n) is 5.55. The summed E-state index contributed by atoms with van der Waals surface area (Å²) in [7, 11) is 0. The van der Waals surface area contributed by atoms with Crippen molar-refractivity contribution in [2.45, 2.75) is 0 Å². The van der Waals surface area contributed by atoms with E-state index in [0.717, 1.165) is 0 Å². The highest BCUT2D eigenvalue weighted by molar-refractivity contribution is 6.50. The third-order valence-electron chi connectivity index (χ3n) is 2.63. The fourth-order valence-corrected chi connectivity index (χ4v) is 1.70. The Morgan fingerprint density at radius 3 is 1.74 bits per heavy atom. The molecule has 0 unspecified atom stereocenters. The fraction of sp³-hybridized carbons (Fsp3) is 0. The van der Waals surface area contributed by atoms with Gasteiger partial charge in [0.15, 0.2) is 0 Å². The highest BCUT2D eigenvalue weighted by atomic mass is 16.4. The molecule has 0 saturated carbocycles. The molecule has 0 aliphatic carbocycles. The van der Waals surface area contributed by atoms with Gasteiger partial charge >= 0.3 is 5.97 Å². The molecule has 0 aliphatic heterocycles. The van der Waals surface area contributed by atoms with Crippen molar-refractivity contribution < 1.29 is 19.5 Å². The van der Waals surface area contributed by atoms with Gasteiger partial charge < -0.3 is 0 Å². The lowest BCUT2D eigenvalue weighted by Gasteiger charge is -2.03. The minimum atomic E-state index is -1.48. The summed E-state index contributed by atoms with van der Waals surface area (Å²) in [5.74, 6) is -3.08. The van der Waals surface area contributed by atoms with Crippen LogP contribution in [0.5, 0.6) is 0 Å². The Labute approximate surface area is 109 Å². The van der Waals surface area contributed by atoms with Gasteiger partial charge in [-0.25, -0.2) is 9.90 Å². The summed E-state index contributed by atoms with van der Waals surface area (Å²) in [4.78, 5) is 34.9. The standard InChI is InChI=1S/C15H9O4/c16-13(10-6-2-1-3-7-10)14(17)11-8-4-5-9-12(11)15(18)19/h1-9H. The number of hydrogen-bond donors (Lipinski definition) is 0. The minimum Gasteiger partial charge on any atom is -0.285 e. The molecule has 19 heavy (non-hydrogen) atoms. The van der Waals surface area contributed by atoms with Gasteiger partial charge in [-0.05, 0) is 6.07 Å². The molecule has 0 aliphatic rings. The van der Waals surface area contributed by atoms with Crippen molar-refractivity contribution in [2.75, 3.05) is 0 Å². The van der Waals surface area contributed by atoms with Gasteiger partial charge in [0.25, 0.3) is 0 Å². The van der Waals surface area contributed by atoms with Crippen LogP contribution in [0.1, 0.15) is 31.1 Å². The molecule has 2 aromatic rings. The summed E-state index contributed by atoms with van der Waals surface area (Å²) >= 11 is 0. The third kappa shape index (κ3) is 2.57. The number of benzene rings is 2. The number of hydrogen-bond acceptors (Lipinski definition) is 3. The molecule has 0 fully saturated rings. The maximum Gasteiger partial charge on any atom is 0.387 e. The van der Waals surface area contributed by atoms with E-state index in [0.29, 0.717) is 0 Å². The second kappa shape index (κ2) is 5.27. The van der Waals surface area contributed by atoms with E-state index in [4.69, 9.17) is 0 Å². The molecule has 0 saturated heterocycles. The zero-order valence-electron chi connectivity index (χ0n) is 9.83. The first-order valence-corrected chi connectivity index (χ1v) is 5.55. The highest BCUT2D eigenvalue weighted by Gasteiger charge is 2.23. The Morgan fingerprint density at radius 2 is 1.16 bits per heavy atom. The van der Waals surface area contributed by atoms with Crippen molar-refractivity contribution in [1.29, 1.82) is 0 Å².